The standard InChI is InChI=1S/C11H22Si2.C8H18Si/c1-12(2,3)10-7-8-11(9-10)13(4,5)6;1-9(2,3)8-6-4-5-7-8/h7-10H,1-6H3;8H,4-7H2,1-3H3. The van der Waals surface area contributed by atoms with Gasteiger partial charge in [-0.05, 0) is 11.1 Å². The van der Waals surface area contributed by atoms with Crippen LogP contribution in [0.25, 0.3) is 0 Å². The Balaban J connectivity index is 0.000000235. The van der Waals surface area contributed by atoms with Crippen molar-refractivity contribution in [1.29, 1.82) is 0 Å². The number of rotatable bonds is 3. The summed E-state index contributed by atoms with van der Waals surface area (Å²) in [6.07, 6.45) is 13.4. The Bertz CT molecular complexity index is 407. The van der Waals surface area contributed by atoms with E-state index in [9.17, 15) is 0 Å². The number of hydrogen-bond acceptors (Lipinski definition) is 0. The highest BCUT2D eigenvalue weighted by Gasteiger charge is 2.29. The molecule has 0 amide bonds. The van der Waals surface area contributed by atoms with Crippen LogP contribution in [-0.4, -0.2) is 24.2 Å². The van der Waals surface area contributed by atoms with Gasteiger partial charge < -0.3 is 0 Å². The molecule has 1 saturated carbocycles. The minimum Gasteiger partial charge on any atom is -0.0811 e. The van der Waals surface area contributed by atoms with Crippen molar-refractivity contribution in [1.82, 2.24) is 0 Å². The minimum atomic E-state index is -1.05. The van der Waals surface area contributed by atoms with E-state index in [1.807, 2.05) is 0 Å². The Morgan fingerprint density at radius 3 is 1.50 bits per heavy atom. The molecular formula is C19H40Si3. The van der Waals surface area contributed by atoms with Crippen LogP contribution in [0, 0.1) is 0 Å². The summed E-state index contributed by atoms with van der Waals surface area (Å²) in [5.41, 5.74) is 1.94. The van der Waals surface area contributed by atoms with E-state index in [-0.39, 0.29) is 0 Å². The fourth-order valence-corrected chi connectivity index (χ4v) is 8.28. The normalized spacial score (nSPS) is 23.3. The van der Waals surface area contributed by atoms with Crippen molar-refractivity contribution < 1.29 is 0 Å². The van der Waals surface area contributed by atoms with E-state index >= 15 is 0 Å². The van der Waals surface area contributed by atoms with E-state index in [2.05, 4.69) is 77.2 Å². The molecule has 22 heavy (non-hydrogen) atoms. The Labute approximate surface area is 143 Å². The van der Waals surface area contributed by atoms with Crippen molar-refractivity contribution in [2.45, 2.75) is 95.7 Å². The largest absolute Gasteiger partial charge is 0.0811 e. The van der Waals surface area contributed by atoms with Crippen LogP contribution < -0.4 is 0 Å². The Morgan fingerprint density at radius 2 is 1.27 bits per heavy atom. The Kier molecular flexibility index (Phi) is 6.74. The second-order valence-electron chi connectivity index (χ2n) is 10.5. The van der Waals surface area contributed by atoms with Crippen LogP contribution in [0.5, 0.6) is 0 Å². The molecule has 0 spiro atoms. The van der Waals surface area contributed by atoms with Crippen molar-refractivity contribution in [3.05, 3.63) is 23.4 Å². The van der Waals surface area contributed by atoms with Crippen LogP contribution in [0.1, 0.15) is 25.7 Å². The molecule has 1 fully saturated rings. The molecule has 0 radical (unpaired) electrons. The van der Waals surface area contributed by atoms with Crippen molar-refractivity contribution in [3.63, 3.8) is 0 Å². The highest BCUT2D eigenvalue weighted by Crippen LogP contribution is 2.38. The van der Waals surface area contributed by atoms with E-state index in [4.69, 9.17) is 0 Å². The Hall–Kier alpha value is 0.131. The molecule has 0 heterocycles. The summed E-state index contributed by atoms with van der Waals surface area (Å²) in [6.45, 7) is 22.1. The smallest absolute Gasteiger partial charge is 0.0771 e. The summed E-state index contributed by atoms with van der Waals surface area (Å²) >= 11 is 0. The maximum absolute atomic E-state index is 2.54. The van der Waals surface area contributed by atoms with Gasteiger partial charge in [-0.25, -0.2) is 0 Å². The molecular weight excluding hydrogens is 312 g/mol. The lowest BCUT2D eigenvalue weighted by atomic mass is 10.4. The summed E-state index contributed by atoms with van der Waals surface area (Å²) < 4.78 is 0. The minimum absolute atomic E-state index is 0.724. The zero-order valence-electron chi connectivity index (χ0n) is 16.7. The van der Waals surface area contributed by atoms with Gasteiger partial charge in [-0.2, -0.15) is 0 Å². The average Bonchev–Trinajstić information content (AvgIpc) is 2.99. The van der Waals surface area contributed by atoms with E-state index < -0.39 is 24.2 Å². The van der Waals surface area contributed by atoms with Crippen LogP contribution in [0.3, 0.4) is 0 Å². The second-order valence-corrected chi connectivity index (χ2v) is 26.5. The zero-order valence-corrected chi connectivity index (χ0v) is 19.7. The maximum Gasteiger partial charge on any atom is 0.0771 e. The third kappa shape index (κ3) is 6.32. The van der Waals surface area contributed by atoms with Crippen LogP contribution in [0.4, 0.5) is 0 Å². The lowest BCUT2D eigenvalue weighted by Gasteiger charge is -2.23. The molecule has 0 aromatic heterocycles. The summed E-state index contributed by atoms with van der Waals surface area (Å²) in [5, 5.41) is 1.65. The molecule has 2 aliphatic rings. The predicted molar refractivity (Wildman–Crippen MR) is 113 cm³/mol. The zero-order chi connectivity index (χ0) is 17.2. The molecule has 1 unspecified atom stereocenters. The van der Waals surface area contributed by atoms with Crippen molar-refractivity contribution in [3.8, 4) is 0 Å². The van der Waals surface area contributed by atoms with Crippen LogP contribution in [0.2, 0.25) is 70.0 Å². The van der Waals surface area contributed by atoms with Gasteiger partial charge in [-0.15, -0.1) is 0 Å². The fraction of sp³-hybridized carbons (Fsp3) is 0.789. The number of hydrogen-bond donors (Lipinski definition) is 0. The SMILES string of the molecule is C[Si](C)(C)C1=CC([Si](C)(C)C)C=C1.C[Si](C)(C)C1CCCC1. The summed E-state index contributed by atoms with van der Waals surface area (Å²) in [7, 11) is -2.76. The quantitative estimate of drug-likeness (QED) is 0.466. The molecule has 128 valence electrons. The first-order chi connectivity index (χ1) is 9.82. The van der Waals surface area contributed by atoms with Crippen molar-refractivity contribution in [2.24, 2.45) is 0 Å². The third-order valence-electron chi connectivity index (χ3n) is 5.29. The molecule has 1 atom stereocenters. The van der Waals surface area contributed by atoms with Crippen molar-refractivity contribution in [2.75, 3.05) is 0 Å². The first-order valence-corrected chi connectivity index (χ1v) is 19.9. The fourth-order valence-electron chi connectivity index (χ4n) is 3.34. The van der Waals surface area contributed by atoms with Crippen LogP contribution in [0.15, 0.2) is 23.4 Å². The first-order valence-electron chi connectivity index (χ1n) is 9.22. The predicted octanol–water partition coefficient (Wildman–Crippen LogP) is 7.34. The molecule has 2 aliphatic carbocycles. The van der Waals surface area contributed by atoms with Crippen LogP contribution in [-0.2, 0) is 0 Å². The third-order valence-corrected chi connectivity index (χ3v) is 12.7. The van der Waals surface area contributed by atoms with Gasteiger partial charge in [0.15, 0.2) is 0 Å². The highest BCUT2D eigenvalue weighted by molar-refractivity contribution is 6.84. The monoisotopic (exact) mass is 352 g/mol. The second kappa shape index (κ2) is 7.35. The van der Waals surface area contributed by atoms with Gasteiger partial charge in [-0.1, -0.05) is 108 Å². The highest BCUT2D eigenvalue weighted by atomic mass is 28.3. The lowest BCUT2D eigenvalue weighted by Crippen LogP contribution is -2.26. The van der Waals surface area contributed by atoms with Gasteiger partial charge in [0.2, 0.25) is 0 Å². The molecule has 3 heteroatoms. The molecule has 0 aliphatic heterocycles. The Morgan fingerprint density at radius 1 is 0.773 bits per heavy atom. The molecule has 0 bridgehead atoms. The van der Waals surface area contributed by atoms with Crippen molar-refractivity contribution >= 4 is 24.2 Å². The average molecular weight is 353 g/mol. The summed E-state index contributed by atoms with van der Waals surface area (Å²) in [6, 6.07) is 0. The lowest BCUT2D eigenvalue weighted by molar-refractivity contribution is 0.839. The van der Waals surface area contributed by atoms with Gasteiger partial charge in [-0.3, -0.25) is 0 Å². The van der Waals surface area contributed by atoms with Gasteiger partial charge in [0.05, 0.1) is 16.1 Å². The molecule has 2 rings (SSSR count). The van der Waals surface area contributed by atoms with E-state index in [0.29, 0.717) is 0 Å². The van der Waals surface area contributed by atoms with Gasteiger partial charge in [0.1, 0.15) is 0 Å². The maximum atomic E-state index is 2.54. The molecule has 0 N–H and O–H groups in total. The molecule has 0 aromatic rings. The summed E-state index contributed by atoms with van der Waals surface area (Å²) in [5.74, 6) is 0. The first kappa shape index (κ1) is 20.2. The number of allylic oxidation sites excluding steroid dienone is 4. The van der Waals surface area contributed by atoms with Gasteiger partial charge in [0.25, 0.3) is 0 Å². The van der Waals surface area contributed by atoms with E-state index in [0.717, 1.165) is 11.1 Å². The van der Waals surface area contributed by atoms with Gasteiger partial charge >= 0.3 is 0 Å². The molecule has 0 nitrogen and oxygen atoms in total. The van der Waals surface area contributed by atoms with Gasteiger partial charge in [0, 0.05) is 8.07 Å². The van der Waals surface area contributed by atoms with E-state index in [1.165, 1.54) is 25.7 Å². The molecule has 0 aromatic carbocycles. The summed E-state index contributed by atoms with van der Waals surface area (Å²) in [4.78, 5) is 0. The van der Waals surface area contributed by atoms with Crippen LogP contribution >= 0.6 is 0 Å². The molecule has 0 saturated heterocycles. The van der Waals surface area contributed by atoms with E-state index in [1.54, 1.807) is 5.20 Å². The topological polar surface area (TPSA) is 0 Å².